The number of pyridine rings is 1. The number of nitrogens with one attached hydrogen (secondary N) is 1. The predicted molar refractivity (Wildman–Crippen MR) is 105 cm³/mol. The lowest BCUT2D eigenvalue weighted by atomic mass is 10.1. The third-order valence-electron chi connectivity index (χ3n) is 4.37. The summed E-state index contributed by atoms with van der Waals surface area (Å²) in [6, 6.07) is 12.9. The smallest absolute Gasteiger partial charge is 0.273 e. The minimum absolute atomic E-state index is 0.232. The van der Waals surface area contributed by atoms with Gasteiger partial charge in [0.05, 0.1) is 13.3 Å². The van der Waals surface area contributed by atoms with Gasteiger partial charge in [-0.1, -0.05) is 17.3 Å². The van der Waals surface area contributed by atoms with Crippen molar-refractivity contribution in [3.63, 3.8) is 0 Å². The first-order valence-electron chi connectivity index (χ1n) is 9.01. The third-order valence-corrected chi connectivity index (χ3v) is 4.37. The normalized spacial score (nSPS) is 10.7. The van der Waals surface area contributed by atoms with Gasteiger partial charge in [-0.25, -0.2) is 0 Å². The van der Waals surface area contributed by atoms with Crippen LogP contribution in [0, 0.1) is 0 Å². The summed E-state index contributed by atoms with van der Waals surface area (Å²) in [6.45, 7) is 0.767. The maximum atomic E-state index is 12.3. The van der Waals surface area contributed by atoms with E-state index in [1.165, 1.54) is 0 Å². The number of nitrogens with zero attached hydrogens (tertiary/aromatic N) is 4. The second-order valence-corrected chi connectivity index (χ2v) is 6.37. The van der Waals surface area contributed by atoms with E-state index in [1.54, 1.807) is 36.4 Å². The van der Waals surface area contributed by atoms with Crippen LogP contribution in [0.5, 0.6) is 5.75 Å². The highest BCUT2D eigenvalue weighted by atomic mass is 16.5. The molecule has 0 saturated carbocycles. The minimum Gasteiger partial charge on any atom is -0.497 e. The Balaban J connectivity index is 1.35. The Bertz CT molecular complexity index is 1090. The summed E-state index contributed by atoms with van der Waals surface area (Å²) < 4.78 is 12.1. The number of carbonyl (C=O) groups excluding carboxylic acids is 1. The molecule has 3 heterocycles. The summed E-state index contributed by atoms with van der Waals surface area (Å²) in [5.41, 5.74) is 3.20. The molecule has 4 rings (SSSR count). The quantitative estimate of drug-likeness (QED) is 0.522. The van der Waals surface area contributed by atoms with Gasteiger partial charge in [-0.15, -0.1) is 0 Å². The molecule has 8 heteroatoms. The van der Waals surface area contributed by atoms with Crippen LogP contribution in [0.2, 0.25) is 0 Å². The zero-order chi connectivity index (χ0) is 20.1. The van der Waals surface area contributed by atoms with Crippen LogP contribution >= 0.6 is 0 Å². The summed E-state index contributed by atoms with van der Waals surface area (Å²) in [4.78, 5) is 16.3. The first kappa shape index (κ1) is 18.4. The van der Waals surface area contributed by atoms with E-state index < -0.39 is 0 Å². The summed E-state index contributed by atoms with van der Waals surface area (Å²) in [5.74, 6) is 1.02. The summed E-state index contributed by atoms with van der Waals surface area (Å²) >= 11 is 0. The SMILES string of the molecule is COc1ccc(CNC(=O)c2cc(Cn3cc(-c4ccncc4)cn3)on2)cc1. The van der Waals surface area contributed by atoms with E-state index in [4.69, 9.17) is 9.26 Å². The largest absolute Gasteiger partial charge is 0.497 e. The number of benzene rings is 1. The predicted octanol–water partition coefficient (Wildman–Crippen LogP) is 2.92. The molecule has 0 saturated heterocycles. The maximum Gasteiger partial charge on any atom is 0.273 e. The van der Waals surface area contributed by atoms with Crippen molar-refractivity contribution in [2.75, 3.05) is 7.11 Å². The van der Waals surface area contributed by atoms with E-state index in [-0.39, 0.29) is 11.6 Å². The molecule has 0 aliphatic heterocycles. The summed E-state index contributed by atoms with van der Waals surface area (Å²) in [7, 11) is 1.61. The molecule has 0 bridgehead atoms. The Morgan fingerprint density at radius 1 is 1.14 bits per heavy atom. The van der Waals surface area contributed by atoms with E-state index in [1.807, 2.05) is 42.6 Å². The lowest BCUT2D eigenvalue weighted by Crippen LogP contribution is -2.23. The molecule has 0 aliphatic rings. The number of rotatable bonds is 7. The van der Waals surface area contributed by atoms with Crippen LogP contribution in [0.15, 0.2) is 71.8 Å². The number of hydrogen-bond donors (Lipinski definition) is 1. The highest BCUT2D eigenvalue weighted by molar-refractivity contribution is 5.92. The Morgan fingerprint density at radius 2 is 1.93 bits per heavy atom. The highest BCUT2D eigenvalue weighted by Gasteiger charge is 2.13. The molecule has 8 nitrogen and oxygen atoms in total. The van der Waals surface area contributed by atoms with Gasteiger partial charge in [0.2, 0.25) is 0 Å². The fourth-order valence-electron chi connectivity index (χ4n) is 2.81. The van der Waals surface area contributed by atoms with E-state index >= 15 is 0 Å². The van der Waals surface area contributed by atoms with Crippen LogP contribution in [0.4, 0.5) is 0 Å². The third kappa shape index (κ3) is 4.49. The second kappa shape index (κ2) is 8.39. The average molecular weight is 389 g/mol. The second-order valence-electron chi connectivity index (χ2n) is 6.37. The van der Waals surface area contributed by atoms with Gasteiger partial charge in [0.1, 0.15) is 12.3 Å². The molecule has 4 aromatic rings. The summed E-state index contributed by atoms with van der Waals surface area (Å²) in [5, 5.41) is 11.0. The van der Waals surface area contributed by atoms with Gasteiger partial charge in [0.25, 0.3) is 5.91 Å². The van der Waals surface area contributed by atoms with Gasteiger partial charge in [-0.2, -0.15) is 5.10 Å². The number of ether oxygens (including phenoxy) is 1. The monoisotopic (exact) mass is 389 g/mol. The van der Waals surface area contributed by atoms with Crippen molar-refractivity contribution in [2.45, 2.75) is 13.1 Å². The van der Waals surface area contributed by atoms with Crippen molar-refractivity contribution in [3.05, 3.63) is 84.3 Å². The van der Waals surface area contributed by atoms with Gasteiger partial charge in [-0.3, -0.25) is 14.5 Å². The first-order valence-corrected chi connectivity index (χ1v) is 9.01. The van der Waals surface area contributed by atoms with Crippen molar-refractivity contribution in [3.8, 4) is 16.9 Å². The van der Waals surface area contributed by atoms with Crippen LogP contribution < -0.4 is 10.1 Å². The maximum absolute atomic E-state index is 12.3. The zero-order valence-electron chi connectivity index (χ0n) is 15.8. The molecular formula is C21H19N5O3. The highest BCUT2D eigenvalue weighted by Crippen LogP contribution is 2.17. The lowest BCUT2D eigenvalue weighted by molar-refractivity contribution is 0.0941. The Morgan fingerprint density at radius 3 is 2.69 bits per heavy atom. The molecule has 1 N–H and O–H groups in total. The molecule has 29 heavy (non-hydrogen) atoms. The number of methoxy groups -OCH3 is 1. The Labute approximate surface area is 167 Å². The van der Waals surface area contributed by atoms with Crippen molar-refractivity contribution in [2.24, 2.45) is 0 Å². The molecule has 3 aromatic heterocycles. The van der Waals surface area contributed by atoms with Crippen molar-refractivity contribution >= 4 is 5.91 Å². The molecule has 0 fully saturated rings. The molecule has 0 unspecified atom stereocenters. The molecule has 0 aliphatic carbocycles. The standard InChI is InChI=1S/C21H19N5O3/c1-28-18-4-2-15(3-5-18)11-23-21(27)20-10-19(29-25-20)14-26-13-17(12-24-26)16-6-8-22-9-7-16/h2-10,12-13H,11,14H2,1H3,(H,23,27). The van der Waals surface area contributed by atoms with E-state index in [2.05, 4.69) is 20.6 Å². The van der Waals surface area contributed by atoms with Crippen LogP contribution in [-0.4, -0.2) is 32.9 Å². The molecular weight excluding hydrogens is 370 g/mol. The zero-order valence-corrected chi connectivity index (χ0v) is 15.8. The molecule has 0 spiro atoms. The van der Waals surface area contributed by atoms with E-state index in [9.17, 15) is 4.79 Å². The number of aromatic nitrogens is 4. The number of hydrogen-bond acceptors (Lipinski definition) is 6. The molecule has 0 radical (unpaired) electrons. The van der Waals surface area contributed by atoms with Crippen molar-refractivity contribution in [1.82, 2.24) is 25.2 Å². The first-order chi connectivity index (χ1) is 14.2. The van der Waals surface area contributed by atoms with Crippen LogP contribution in [0.25, 0.3) is 11.1 Å². The lowest BCUT2D eigenvalue weighted by Gasteiger charge is -2.04. The van der Waals surface area contributed by atoms with Crippen LogP contribution in [0.3, 0.4) is 0 Å². The van der Waals surface area contributed by atoms with Gasteiger partial charge in [-0.05, 0) is 35.4 Å². The minimum atomic E-state index is -0.297. The molecule has 1 amide bonds. The van der Waals surface area contributed by atoms with E-state index in [0.717, 1.165) is 22.4 Å². The van der Waals surface area contributed by atoms with Gasteiger partial charge < -0.3 is 14.6 Å². The van der Waals surface area contributed by atoms with Crippen LogP contribution in [-0.2, 0) is 13.1 Å². The fourth-order valence-corrected chi connectivity index (χ4v) is 2.81. The molecule has 146 valence electrons. The Hall–Kier alpha value is -3.94. The van der Waals surface area contributed by atoms with Crippen LogP contribution in [0.1, 0.15) is 21.8 Å². The number of amides is 1. The van der Waals surface area contributed by atoms with Gasteiger partial charge in [0, 0.05) is 36.8 Å². The van der Waals surface area contributed by atoms with Gasteiger partial charge in [0.15, 0.2) is 11.5 Å². The van der Waals surface area contributed by atoms with Crippen molar-refractivity contribution in [1.29, 1.82) is 0 Å². The Kier molecular flexibility index (Phi) is 5.33. The topological polar surface area (TPSA) is 95.1 Å². The number of carbonyl (C=O) groups is 1. The molecule has 1 aromatic carbocycles. The van der Waals surface area contributed by atoms with Gasteiger partial charge >= 0.3 is 0 Å². The fraction of sp³-hybridized carbons (Fsp3) is 0.143. The van der Waals surface area contributed by atoms with E-state index in [0.29, 0.717) is 18.8 Å². The summed E-state index contributed by atoms with van der Waals surface area (Å²) in [6.07, 6.45) is 7.15. The molecule has 0 atom stereocenters. The average Bonchev–Trinajstić information content (AvgIpc) is 3.43. The van der Waals surface area contributed by atoms with Crippen molar-refractivity contribution < 1.29 is 14.1 Å².